The molecule has 3 rings (SSSR count). The van der Waals surface area contributed by atoms with E-state index in [4.69, 9.17) is 4.74 Å². The summed E-state index contributed by atoms with van der Waals surface area (Å²) in [7, 11) is 1.65. The summed E-state index contributed by atoms with van der Waals surface area (Å²) in [6.07, 6.45) is 0. The highest BCUT2D eigenvalue weighted by atomic mass is 32.1. The molecule has 21 heavy (non-hydrogen) atoms. The molecule has 0 aliphatic heterocycles. The van der Waals surface area contributed by atoms with Gasteiger partial charge in [-0.05, 0) is 29.8 Å². The standard InChI is InChI=1S/C16H14N2O2S/c1-20-10-11-6-8-12(9-7-11)15(19)18-16-17-13-4-2-3-5-14(13)21-16/h2-9H,10H2,1H3,(H,17,18,19). The van der Waals surface area contributed by atoms with Crippen LogP contribution in [0.15, 0.2) is 48.5 Å². The van der Waals surface area contributed by atoms with E-state index in [1.165, 1.54) is 11.3 Å². The third-order valence-electron chi connectivity index (χ3n) is 3.04. The van der Waals surface area contributed by atoms with Gasteiger partial charge in [-0.1, -0.05) is 35.6 Å². The van der Waals surface area contributed by atoms with E-state index >= 15 is 0 Å². The van der Waals surface area contributed by atoms with Gasteiger partial charge in [0.1, 0.15) is 0 Å². The monoisotopic (exact) mass is 298 g/mol. The van der Waals surface area contributed by atoms with E-state index in [2.05, 4.69) is 10.3 Å². The molecule has 5 heteroatoms. The molecule has 3 aromatic rings. The van der Waals surface area contributed by atoms with Crippen molar-refractivity contribution in [3.63, 3.8) is 0 Å². The number of nitrogens with zero attached hydrogens (tertiary/aromatic N) is 1. The Labute approximate surface area is 126 Å². The first-order valence-electron chi connectivity index (χ1n) is 6.51. The summed E-state index contributed by atoms with van der Waals surface area (Å²) in [5.41, 5.74) is 2.54. The number of para-hydroxylation sites is 1. The van der Waals surface area contributed by atoms with Gasteiger partial charge < -0.3 is 4.74 Å². The Morgan fingerprint density at radius 3 is 2.67 bits per heavy atom. The quantitative estimate of drug-likeness (QED) is 0.799. The van der Waals surface area contributed by atoms with Crippen LogP contribution >= 0.6 is 11.3 Å². The van der Waals surface area contributed by atoms with Crippen molar-refractivity contribution in [2.45, 2.75) is 6.61 Å². The minimum atomic E-state index is -0.155. The third-order valence-corrected chi connectivity index (χ3v) is 3.99. The largest absolute Gasteiger partial charge is 0.380 e. The summed E-state index contributed by atoms with van der Waals surface area (Å²) in [4.78, 5) is 16.6. The molecule has 106 valence electrons. The van der Waals surface area contributed by atoms with Crippen LogP contribution < -0.4 is 5.32 Å². The van der Waals surface area contributed by atoms with Gasteiger partial charge in [-0.25, -0.2) is 4.98 Å². The second-order valence-electron chi connectivity index (χ2n) is 4.57. The molecule has 0 atom stereocenters. The summed E-state index contributed by atoms with van der Waals surface area (Å²) in [5.74, 6) is -0.155. The SMILES string of the molecule is COCc1ccc(C(=O)Nc2nc3ccccc3s2)cc1. The predicted molar refractivity (Wildman–Crippen MR) is 84.7 cm³/mol. The molecule has 0 bridgehead atoms. The molecule has 0 fully saturated rings. The molecule has 0 saturated heterocycles. The number of amides is 1. The van der Waals surface area contributed by atoms with Gasteiger partial charge in [0.15, 0.2) is 5.13 Å². The van der Waals surface area contributed by atoms with Gasteiger partial charge in [0, 0.05) is 12.7 Å². The Bertz CT molecular complexity index is 732. The zero-order valence-corrected chi connectivity index (χ0v) is 12.3. The maximum atomic E-state index is 12.2. The van der Waals surface area contributed by atoms with Gasteiger partial charge in [0.25, 0.3) is 5.91 Å². The number of nitrogens with one attached hydrogen (secondary N) is 1. The molecule has 0 radical (unpaired) electrons. The molecule has 1 heterocycles. The van der Waals surface area contributed by atoms with Crippen LogP contribution in [-0.2, 0) is 11.3 Å². The minimum Gasteiger partial charge on any atom is -0.380 e. The van der Waals surface area contributed by atoms with Crippen molar-refractivity contribution < 1.29 is 9.53 Å². The fourth-order valence-corrected chi connectivity index (χ4v) is 2.87. The number of carbonyl (C=O) groups is 1. The molecule has 0 spiro atoms. The van der Waals surface area contributed by atoms with Crippen molar-refractivity contribution in [1.29, 1.82) is 0 Å². The van der Waals surface area contributed by atoms with E-state index < -0.39 is 0 Å². The number of aromatic nitrogens is 1. The molecular weight excluding hydrogens is 284 g/mol. The number of thiazole rings is 1. The van der Waals surface area contributed by atoms with Crippen molar-refractivity contribution >= 4 is 32.6 Å². The zero-order chi connectivity index (χ0) is 14.7. The lowest BCUT2D eigenvalue weighted by molar-refractivity contribution is 0.102. The summed E-state index contributed by atoms with van der Waals surface area (Å²) in [6.45, 7) is 0.541. The number of ether oxygens (including phenoxy) is 1. The van der Waals surface area contributed by atoms with Gasteiger partial charge in [-0.3, -0.25) is 10.1 Å². The van der Waals surface area contributed by atoms with Crippen LogP contribution in [0.4, 0.5) is 5.13 Å². The van der Waals surface area contributed by atoms with Gasteiger partial charge in [-0.15, -0.1) is 0 Å². The van der Waals surface area contributed by atoms with Crippen LogP contribution in [0.1, 0.15) is 15.9 Å². The summed E-state index contributed by atoms with van der Waals surface area (Å²) < 4.78 is 6.11. The van der Waals surface area contributed by atoms with E-state index in [-0.39, 0.29) is 5.91 Å². The molecule has 1 N–H and O–H groups in total. The Balaban J connectivity index is 1.76. The molecule has 1 amide bonds. The van der Waals surface area contributed by atoms with Crippen LogP contribution in [0.5, 0.6) is 0 Å². The Kier molecular flexibility index (Phi) is 3.94. The van der Waals surface area contributed by atoms with Gasteiger partial charge in [0.05, 0.1) is 16.8 Å². The van der Waals surface area contributed by atoms with Crippen LogP contribution in [0.3, 0.4) is 0 Å². The summed E-state index contributed by atoms with van der Waals surface area (Å²) in [5, 5.41) is 3.45. The first kappa shape index (κ1) is 13.7. The second-order valence-corrected chi connectivity index (χ2v) is 5.60. The number of hydrogen-bond acceptors (Lipinski definition) is 4. The van der Waals surface area contributed by atoms with E-state index in [1.807, 2.05) is 36.4 Å². The first-order chi connectivity index (χ1) is 10.3. The van der Waals surface area contributed by atoms with Gasteiger partial charge in [0.2, 0.25) is 0 Å². The average molecular weight is 298 g/mol. The number of rotatable bonds is 4. The highest BCUT2D eigenvalue weighted by Gasteiger charge is 2.09. The second kappa shape index (κ2) is 6.03. The molecule has 4 nitrogen and oxygen atoms in total. The number of fused-ring (bicyclic) bond motifs is 1. The lowest BCUT2D eigenvalue weighted by atomic mass is 10.1. The Morgan fingerprint density at radius 2 is 1.95 bits per heavy atom. The molecule has 0 saturated carbocycles. The fraction of sp³-hybridized carbons (Fsp3) is 0.125. The van der Waals surface area contributed by atoms with Crippen LogP contribution in [0.25, 0.3) is 10.2 Å². The fourth-order valence-electron chi connectivity index (χ4n) is 2.01. The Morgan fingerprint density at radius 1 is 1.19 bits per heavy atom. The average Bonchev–Trinajstić information content (AvgIpc) is 2.90. The Hall–Kier alpha value is -2.24. The molecule has 2 aromatic carbocycles. The lowest BCUT2D eigenvalue weighted by Crippen LogP contribution is -2.11. The van der Waals surface area contributed by atoms with E-state index in [9.17, 15) is 4.79 Å². The molecule has 1 aromatic heterocycles. The molecule has 0 unspecified atom stereocenters. The number of carbonyl (C=O) groups excluding carboxylic acids is 1. The first-order valence-corrected chi connectivity index (χ1v) is 7.33. The number of anilines is 1. The van der Waals surface area contributed by atoms with Crippen LogP contribution in [-0.4, -0.2) is 18.0 Å². The molecule has 0 aliphatic carbocycles. The van der Waals surface area contributed by atoms with Crippen molar-refractivity contribution in [3.8, 4) is 0 Å². The number of benzene rings is 2. The minimum absolute atomic E-state index is 0.155. The topological polar surface area (TPSA) is 51.2 Å². The summed E-state index contributed by atoms with van der Waals surface area (Å²) in [6, 6.07) is 15.2. The highest BCUT2D eigenvalue weighted by Crippen LogP contribution is 2.25. The van der Waals surface area contributed by atoms with E-state index in [1.54, 1.807) is 19.2 Å². The maximum Gasteiger partial charge on any atom is 0.257 e. The van der Waals surface area contributed by atoms with Crippen molar-refractivity contribution in [2.24, 2.45) is 0 Å². The predicted octanol–water partition coefficient (Wildman–Crippen LogP) is 3.70. The summed E-state index contributed by atoms with van der Waals surface area (Å²) >= 11 is 1.47. The van der Waals surface area contributed by atoms with Crippen molar-refractivity contribution in [1.82, 2.24) is 4.98 Å². The van der Waals surface area contributed by atoms with Crippen molar-refractivity contribution in [2.75, 3.05) is 12.4 Å². The van der Waals surface area contributed by atoms with Crippen molar-refractivity contribution in [3.05, 3.63) is 59.7 Å². The highest BCUT2D eigenvalue weighted by molar-refractivity contribution is 7.22. The normalized spacial score (nSPS) is 10.7. The zero-order valence-electron chi connectivity index (χ0n) is 11.5. The van der Waals surface area contributed by atoms with E-state index in [0.717, 1.165) is 15.8 Å². The molecule has 0 aliphatic rings. The third kappa shape index (κ3) is 3.09. The lowest BCUT2D eigenvalue weighted by Gasteiger charge is -2.03. The van der Waals surface area contributed by atoms with Crippen LogP contribution in [0, 0.1) is 0 Å². The van der Waals surface area contributed by atoms with Gasteiger partial charge >= 0.3 is 0 Å². The molecular formula is C16H14N2O2S. The number of hydrogen-bond donors (Lipinski definition) is 1. The maximum absolute atomic E-state index is 12.2. The number of methoxy groups -OCH3 is 1. The van der Waals surface area contributed by atoms with Gasteiger partial charge in [-0.2, -0.15) is 0 Å². The smallest absolute Gasteiger partial charge is 0.257 e. The van der Waals surface area contributed by atoms with E-state index in [0.29, 0.717) is 17.3 Å². The van der Waals surface area contributed by atoms with Crippen LogP contribution in [0.2, 0.25) is 0 Å².